The lowest BCUT2D eigenvalue weighted by Gasteiger charge is -2.41. The molecular formula is C40H44N4O4. The summed E-state index contributed by atoms with van der Waals surface area (Å²) in [6, 6.07) is 30.5. The lowest BCUT2D eigenvalue weighted by molar-refractivity contribution is 0.0691. The Bertz CT molecular complexity index is 1940. The molecule has 0 unspecified atom stereocenters. The SMILES string of the molecule is CCc1c(-c2ccc3c(c2)cc(CN2C[C@H]4CCC[C@@H](N(Cc5ccccc5)Cc5ccccc5)[C@H]4C2)n3C)[nH]c(=O)c(C(=O)O)c1O. The van der Waals surface area contributed by atoms with Crippen molar-refractivity contribution in [2.24, 2.45) is 18.9 Å². The summed E-state index contributed by atoms with van der Waals surface area (Å²) >= 11 is 0. The van der Waals surface area contributed by atoms with Gasteiger partial charge in [0, 0.05) is 68.0 Å². The number of nitrogens with zero attached hydrogens (tertiary/aromatic N) is 3. The largest absolute Gasteiger partial charge is 0.506 e. The van der Waals surface area contributed by atoms with E-state index in [2.05, 4.69) is 93.1 Å². The Labute approximate surface area is 281 Å². The van der Waals surface area contributed by atoms with Crippen molar-refractivity contribution < 1.29 is 15.0 Å². The number of likely N-dealkylation sites (tertiary alicyclic amines) is 1. The van der Waals surface area contributed by atoms with E-state index in [4.69, 9.17) is 0 Å². The minimum absolute atomic E-state index is 0.378. The lowest BCUT2D eigenvalue weighted by atomic mass is 9.77. The van der Waals surface area contributed by atoms with Crippen LogP contribution in [0.4, 0.5) is 0 Å². The summed E-state index contributed by atoms with van der Waals surface area (Å²) in [7, 11) is 2.11. The van der Waals surface area contributed by atoms with E-state index in [-0.39, 0.29) is 0 Å². The first kappa shape index (κ1) is 31.9. The molecule has 3 N–H and O–H groups in total. The van der Waals surface area contributed by atoms with E-state index in [1.54, 1.807) is 0 Å². The highest BCUT2D eigenvalue weighted by molar-refractivity contribution is 5.92. The Balaban J connectivity index is 1.13. The summed E-state index contributed by atoms with van der Waals surface area (Å²) < 4.78 is 2.25. The summed E-state index contributed by atoms with van der Waals surface area (Å²) in [6.45, 7) is 6.80. The molecule has 0 bridgehead atoms. The molecule has 48 heavy (non-hydrogen) atoms. The number of aryl methyl sites for hydroxylation is 1. The average molecular weight is 645 g/mol. The van der Waals surface area contributed by atoms with Crippen LogP contribution < -0.4 is 5.56 Å². The van der Waals surface area contributed by atoms with Gasteiger partial charge in [0.2, 0.25) is 0 Å². The molecule has 248 valence electrons. The monoisotopic (exact) mass is 644 g/mol. The molecule has 7 rings (SSSR count). The van der Waals surface area contributed by atoms with Gasteiger partial charge in [-0.15, -0.1) is 0 Å². The number of fused-ring (bicyclic) bond motifs is 2. The number of rotatable bonds is 10. The van der Waals surface area contributed by atoms with Crippen LogP contribution >= 0.6 is 0 Å². The molecule has 1 saturated heterocycles. The number of carbonyl (C=O) groups is 1. The van der Waals surface area contributed by atoms with Crippen LogP contribution in [0.3, 0.4) is 0 Å². The highest BCUT2D eigenvalue weighted by Gasteiger charge is 2.42. The predicted molar refractivity (Wildman–Crippen MR) is 189 cm³/mol. The van der Waals surface area contributed by atoms with E-state index in [0.717, 1.165) is 49.2 Å². The standard InChI is InChI=1S/C40H44N4O4/c1-3-32-37(41-39(46)36(38(32)45)40(47)48)28-17-18-34-30(19-28)20-31(42(34)2)24-43-23-29-15-10-16-35(33(29)25-43)44(21-26-11-6-4-7-12-26)22-27-13-8-5-9-14-27/h4-9,11-14,17-20,29,33,35H,3,10,15-16,21-25H2,1-2H3,(H,47,48)(H2,41,45,46)/t29-,33+,35-/m1/s1. The Kier molecular flexibility index (Phi) is 8.94. The van der Waals surface area contributed by atoms with Crippen LogP contribution in [0.1, 0.15) is 58.9 Å². The zero-order valence-corrected chi connectivity index (χ0v) is 27.7. The molecule has 0 spiro atoms. The van der Waals surface area contributed by atoms with Gasteiger partial charge in [-0.3, -0.25) is 14.6 Å². The number of hydrogen-bond acceptors (Lipinski definition) is 5. The number of carboxylic acids is 1. The Hall–Kier alpha value is -4.66. The fraction of sp³-hybridized carbons (Fsp3) is 0.350. The molecular weight excluding hydrogens is 600 g/mol. The molecule has 3 heterocycles. The number of nitrogens with one attached hydrogen (secondary N) is 1. The van der Waals surface area contributed by atoms with Crippen molar-refractivity contribution in [2.75, 3.05) is 13.1 Å². The van der Waals surface area contributed by atoms with E-state index in [9.17, 15) is 19.8 Å². The first-order chi connectivity index (χ1) is 23.3. The number of aromatic hydroxyl groups is 1. The fourth-order valence-electron chi connectivity index (χ4n) is 8.40. The van der Waals surface area contributed by atoms with Gasteiger partial charge in [0.25, 0.3) is 5.56 Å². The van der Waals surface area contributed by atoms with Gasteiger partial charge in [-0.05, 0) is 66.0 Å². The van der Waals surface area contributed by atoms with Gasteiger partial charge in [-0.1, -0.05) is 80.1 Å². The number of aromatic carboxylic acids is 1. The maximum absolute atomic E-state index is 12.6. The maximum Gasteiger partial charge on any atom is 0.345 e. The third kappa shape index (κ3) is 6.18. The van der Waals surface area contributed by atoms with Gasteiger partial charge >= 0.3 is 5.97 Å². The van der Waals surface area contributed by atoms with Gasteiger partial charge in [-0.2, -0.15) is 0 Å². The van der Waals surface area contributed by atoms with Gasteiger partial charge in [0.1, 0.15) is 5.75 Å². The molecule has 2 aromatic heterocycles. The normalized spacial score (nSPS) is 19.6. The molecule has 8 heteroatoms. The Morgan fingerprint density at radius 3 is 2.27 bits per heavy atom. The Morgan fingerprint density at radius 1 is 0.938 bits per heavy atom. The second kappa shape index (κ2) is 13.5. The average Bonchev–Trinajstić information content (AvgIpc) is 3.64. The van der Waals surface area contributed by atoms with E-state index >= 15 is 0 Å². The number of carboxylic acid groups (broad SMARTS) is 1. The zero-order chi connectivity index (χ0) is 33.4. The topological polar surface area (TPSA) is 102 Å². The second-order valence-electron chi connectivity index (χ2n) is 13.7. The van der Waals surface area contributed by atoms with Gasteiger partial charge in [0.05, 0.1) is 5.69 Å². The maximum atomic E-state index is 12.6. The summed E-state index contributed by atoms with van der Waals surface area (Å²) in [5, 5.41) is 21.2. The molecule has 8 nitrogen and oxygen atoms in total. The summed E-state index contributed by atoms with van der Waals surface area (Å²) in [6.07, 6.45) is 4.16. The van der Waals surface area contributed by atoms with E-state index < -0.39 is 22.8 Å². The number of hydrogen-bond donors (Lipinski definition) is 3. The number of aromatic amines is 1. The Morgan fingerprint density at radius 2 is 1.62 bits per heavy atom. The third-order valence-electron chi connectivity index (χ3n) is 10.7. The van der Waals surface area contributed by atoms with Crippen molar-refractivity contribution in [1.82, 2.24) is 19.4 Å². The van der Waals surface area contributed by atoms with Crippen molar-refractivity contribution in [1.29, 1.82) is 0 Å². The van der Waals surface area contributed by atoms with Crippen LogP contribution in [0, 0.1) is 11.8 Å². The van der Waals surface area contributed by atoms with Crippen LogP contribution in [0.5, 0.6) is 5.75 Å². The first-order valence-electron chi connectivity index (χ1n) is 17.1. The molecule has 1 saturated carbocycles. The molecule has 0 amide bonds. The van der Waals surface area contributed by atoms with Crippen molar-refractivity contribution in [3.63, 3.8) is 0 Å². The number of pyridine rings is 1. The van der Waals surface area contributed by atoms with E-state index in [1.165, 1.54) is 36.1 Å². The summed E-state index contributed by atoms with van der Waals surface area (Å²) in [4.78, 5) is 32.3. The van der Waals surface area contributed by atoms with Crippen LogP contribution in [-0.4, -0.2) is 54.7 Å². The van der Waals surface area contributed by atoms with Crippen molar-refractivity contribution >= 4 is 16.9 Å². The highest BCUT2D eigenvalue weighted by atomic mass is 16.4. The zero-order valence-electron chi connectivity index (χ0n) is 27.7. The number of H-pyrrole nitrogens is 1. The summed E-state index contributed by atoms with van der Waals surface area (Å²) in [5.74, 6) is -0.591. The van der Waals surface area contributed by atoms with E-state index in [1.807, 2.05) is 25.1 Å². The molecule has 1 aliphatic heterocycles. The predicted octanol–water partition coefficient (Wildman–Crippen LogP) is 6.80. The van der Waals surface area contributed by atoms with Crippen LogP contribution in [0.2, 0.25) is 0 Å². The van der Waals surface area contributed by atoms with Crippen LogP contribution in [0.25, 0.3) is 22.2 Å². The molecule has 5 aromatic rings. The minimum Gasteiger partial charge on any atom is -0.506 e. The molecule has 2 fully saturated rings. The summed E-state index contributed by atoms with van der Waals surface area (Å²) in [5.41, 5.74) is 5.26. The lowest BCUT2D eigenvalue weighted by Crippen LogP contribution is -2.45. The van der Waals surface area contributed by atoms with Gasteiger partial charge in [-0.25, -0.2) is 4.79 Å². The molecule has 2 aliphatic rings. The van der Waals surface area contributed by atoms with Crippen LogP contribution in [0.15, 0.2) is 89.7 Å². The van der Waals surface area contributed by atoms with Crippen molar-refractivity contribution in [3.05, 3.63) is 123 Å². The third-order valence-corrected chi connectivity index (χ3v) is 10.7. The van der Waals surface area contributed by atoms with E-state index in [0.29, 0.717) is 35.6 Å². The highest BCUT2D eigenvalue weighted by Crippen LogP contribution is 2.41. The van der Waals surface area contributed by atoms with Gasteiger partial charge < -0.3 is 19.8 Å². The van der Waals surface area contributed by atoms with Gasteiger partial charge in [0.15, 0.2) is 5.56 Å². The number of benzene rings is 3. The molecule has 1 aliphatic carbocycles. The smallest absolute Gasteiger partial charge is 0.345 e. The molecule has 0 radical (unpaired) electrons. The minimum atomic E-state index is -1.44. The quantitative estimate of drug-likeness (QED) is 0.155. The van der Waals surface area contributed by atoms with Crippen LogP contribution in [-0.2, 0) is 33.1 Å². The molecule has 3 atom stereocenters. The van der Waals surface area contributed by atoms with Crippen molar-refractivity contribution in [2.45, 2.75) is 58.3 Å². The fourth-order valence-corrected chi connectivity index (χ4v) is 8.40. The van der Waals surface area contributed by atoms with Crippen molar-refractivity contribution in [3.8, 4) is 17.0 Å². The second-order valence-corrected chi connectivity index (χ2v) is 13.7. The first-order valence-corrected chi connectivity index (χ1v) is 17.1. The molecule has 3 aromatic carbocycles. The number of aromatic nitrogens is 2.